The Morgan fingerprint density at radius 3 is 2.73 bits per heavy atom. The lowest BCUT2D eigenvalue weighted by molar-refractivity contribution is 0.481. The summed E-state index contributed by atoms with van der Waals surface area (Å²) >= 11 is 1.04. The number of hydrogen-bond donors (Lipinski definition) is 2. The number of nitrogens with two attached hydrogens (primary N) is 1. The van der Waals surface area contributed by atoms with Gasteiger partial charge in [0, 0.05) is 0 Å². The third-order valence-corrected chi connectivity index (χ3v) is 1.95. The van der Waals surface area contributed by atoms with Crippen molar-refractivity contribution < 1.29 is 5.11 Å². The van der Waals surface area contributed by atoms with Gasteiger partial charge in [-0.2, -0.15) is 8.75 Å². The van der Waals surface area contributed by atoms with E-state index in [1.54, 1.807) is 6.07 Å². The molecule has 0 bridgehead atoms. The lowest BCUT2D eigenvalue weighted by Gasteiger charge is -1.94. The van der Waals surface area contributed by atoms with Gasteiger partial charge in [0.15, 0.2) is 0 Å². The van der Waals surface area contributed by atoms with Crippen LogP contribution in [-0.4, -0.2) is 13.9 Å². The number of hydrogen-bond acceptors (Lipinski definition) is 5. The lowest BCUT2D eigenvalue weighted by Crippen LogP contribution is -1.85. The van der Waals surface area contributed by atoms with Gasteiger partial charge in [0.25, 0.3) is 0 Å². The summed E-state index contributed by atoms with van der Waals surface area (Å²) in [4.78, 5) is 0. The smallest absolute Gasteiger partial charge is 0.148 e. The average molecular weight is 167 g/mol. The summed E-state index contributed by atoms with van der Waals surface area (Å²) in [6.45, 7) is 0. The molecule has 0 atom stereocenters. The Hall–Kier alpha value is -1.36. The summed E-state index contributed by atoms with van der Waals surface area (Å²) in [7, 11) is 0. The van der Waals surface area contributed by atoms with Crippen molar-refractivity contribution in [1.29, 1.82) is 0 Å². The zero-order valence-corrected chi connectivity index (χ0v) is 6.30. The molecule has 1 heterocycles. The number of rotatable bonds is 0. The molecule has 0 aliphatic rings. The maximum atomic E-state index is 9.23. The van der Waals surface area contributed by atoms with E-state index in [1.807, 2.05) is 0 Å². The average Bonchev–Trinajstić information content (AvgIpc) is 2.45. The SMILES string of the molecule is Nc1ccc(O)c2nsnc12. The molecule has 0 aliphatic carbocycles. The second kappa shape index (κ2) is 2.06. The molecule has 0 amide bonds. The van der Waals surface area contributed by atoms with Gasteiger partial charge in [0.1, 0.15) is 16.8 Å². The maximum absolute atomic E-state index is 9.23. The molecule has 0 saturated carbocycles. The first kappa shape index (κ1) is 6.36. The summed E-state index contributed by atoms with van der Waals surface area (Å²) in [6, 6.07) is 3.12. The van der Waals surface area contributed by atoms with Crippen molar-refractivity contribution in [3.05, 3.63) is 12.1 Å². The molecule has 0 fully saturated rings. The second-order valence-electron chi connectivity index (χ2n) is 2.14. The number of nitrogen functional groups attached to an aromatic ring is 1. The fraction of sp³-hybridized carbons (Fsp3) is 0. The van der Waals surface area contributed by atoms with Gasteiger partial charge in [-0.05, 0) is 12.1 Å². The molecular formula is C6H5N3OS. The minimum atomic E-state index is 0.128. The van der Waals surface area contributed by atoms with Crippen LogP contribution in [0, 0.1) is 0 Å². The monoisotopic (exact) mass is 167 g/mol. The van der Waals surface area contributed by atoms with Crippen LogP contribution in [0.15, 0.2) is 12.1 Å². The van der Waals surface area contributed by atoms with E-state index >= 15 is 0 Å². The normalized spacial score (nSPS) is 10.5. The van der Waals surface area contributed by atoms with Gasteiger partial charge in [-0.15, -0.1) is 0 Å². The molecular weight excluding hydrogens is 162 g/mol. The molecule has 1 aromatic heterocycles. The van der Waals surface area contributed by atoms with Crippen LogP contribution in [0.25, 0.3) is 11.0 Å². The van der Waals surface area contributed by atoms with Crippen LogP contribution in [-0.2, 0) is 0 Å². The largest absolute Gasteiger partial charge is 0.506 e. The first-order chi connectivity index (χ1) is 5.29. The highest BCUT2D eigenvalue weighted by atomic mass is 32.1. The summed E-state index contributed by atoms with van der Waals surface area (Å²) < 4.78 is 7.80. The Morgan fingerprint density at radius 1 is 1.27 bits per heavy atom. The number of nitrogens with zero attached hydrogens (tertiary/aromatic N) is 2. The van der Waals surface area contributed by atoms with E-state index in [0.717, 1.165) is 11.7 Å². The molecule has 0 unspecified atom stereocenters. The van der Waals surface area contributed by atoms with Crippen LogP contribution in [0.5, 0.6) is 5.75 Å². The van der Waals surface area contributed by atoms with Crippen molar-refractivity contribution in [3.8, 4) is 5.75 Å². The Balaban J connectivity index is 2.96. The highest BCUT2D eigenvalue weighted by Crippen LogP contribution is 2.26. The Bertz CT molecular complexity index is 362. The van der Waals surface area contributed by atoms with Gasteiger partial charge in [-0.3, -0.25) is 0 Å². The number of anilines is 1. The number of fused-ring (bicyclic) bond motifs is 1. The first-order valence-electron chi connectivity index (χ1n) is 2.99. The van der Waals surface area contributed by atoms with Crippen LogP contribution in [0.1, 0.15) is 0 Å². The van der Waals surface area contributed by atoms with E-state index < -0.39 is 0 Å². The van der Waals surface area contributed by atoms with Crippen molar-refractivity contribution in [2.45, 2.75) is 0 Å². The van der Waals surface area contributed by atoms with Crippen LogP contribution >= 0.6 is 11.7 Å². The molecule has 1 aromatic carbocycles. The minimum absolute atomic E-state index is 0.128. The third-order valence-electron chi connectivity index (χ3n) is 1.43. The second-order valence-corrected chi connectivity index (χ2v) is 2.66. The van der Waals surface area contributed by atoms with E-state index in [4.69, 9.17) is 5.73 Å². The van der Waals surface area contributed by atoms with Crippen molar-refractivity contribution in [2.75, 3.05) is 5.73 Å². The lowest BCUT2D eigenvalue weighted by atomic mass is 10.2. The molecule has 4 nitrogen and oxygen atoms in total. The van der Waals surface area contributed by atoms with E-state index in [1.165, 1.54) is 6.07 Å². The Kier molecular flexibility index (Phi) is 1.19. The summed E-state index contributed by atoms with van der Waals surface area (Å²) in [6.07, 6.45) is 0. The van der Waals surface area contributed by atoms with Gasteiger partial charge in [-0.1, -0.05) is 0 Å². The predicted molar refractivity (Wildman–Crippen MR) is 43.5 cm³/mol. The molecule has 2 rings (SSSR count). The standard InChI is InChI=1S/C6H5N3OS/c7-3-1-2-4(10)6-5(3)8-11-9-6/h1-2,10H,7H2. The first-order valence-corrected chi connectivity index (χ1v) is 3.72. The van der Waals surface area contributed by atoms with Crippen LogP contribution in [0.3, 0.4) is 0 Å². The quantitative estimate of drug-likeness (QED) is 0.453. The molecule has 0 saturated heterocycles. The van der Waals surface area contributed by atoms with Crippen LogP contribution in [0.4, 0.5) is 5.69 Å². The van der Waals surface area contributed by atoms with Crippen molar-refractivity contribution >= 4 is 28.4 Å². The van der Waals surface area contributed by atoms with E-state index in [2.05, 4.69) is 8.75 Å². The van der Waals surface area contributed by atoms with Gasteiger partial charge < -0.3 is 10.8 Å². The molecule has 11 heavy (non-hydrogen) atoms. The topological polar surface area (TPSA) is 72.0 Å². The molecule has 0 radical (unpaired) electrons. The molecule has 56 valence electrons. The number of aromatic hydroxyl groups is 1. The van der Waals surface area contributed by atoms with Gasteiger partial charge >= 0.3 is 0 Å². The van der Waals surface area contributed by atoms with Gasteiger partial charge in [-0.25, -0.2) is 0 Å². The summed E-state index contributed by atoms with van der Waals surface area (Å²) in [5.74, 6) is 0.128. The number of aromatic nitrogens is 2. The highest BCUT2D eigenvalue weighted by molar-refractivity contribution is 7.00. The number of phenols is 1. The molecule has 3 N–H and O–H groups in total. The zero-order chi connectivity index (χ0) is 7.84. The van der Waals surface area contributed by atoms with Gasteiger partial charge in [0.2, 0.25) is 0 Å². The fourth-order valence-electron chi connectivity index (χ4n) is 0.873. The number of benzene rings is 1. The summed E-state index contributed by atoms with van der Waals surface area (Å²) in [5, 5.41) is 9.23. The highest BCUT2D eigenvalue weighted by Gasteiger charge is 2.05. The van der Waals surface area contributed by atoms with Crippen LogP contribution in [0.2, 0.25) is 0 Å². The fourth-order valence-corrected chi connectivity index (χ4v) is 1.45. The van der Waals surface area contributed by atoms with E-state index in [-0.39, 0.29) is 5.75 Å². The third kappa shape index (κ3) is 0.813. The van der Waals surface area contributed by atoms with E-state index in [0.29, 0.717) is 16.7 Å². The minimum Gasteiger partial charge on any atom is -0.506 e. The van der Waals surface area contributed by atoms with Crippen molar-refractivity contribution in [2.24, 2.45) is 0 Å². The van der Waals surface area contributed by atoms with E-state index in [9.17, 15) is 5.11 Å². The van der Waals surface area contributed by atoms with Crippen molar-refractivity contribution in [3.63, 3.8) is 0 Å². The predicted octanol–water partition coefficient (Wildman–Crippen LogP) is 0.979. The maximum Gasteiger partial charge on any atom is 0.148 e. The van der Waals surface area contributed by atoms with Gasteiger partial charge in [0.05, 0.1) is 17.4 Å². The molecule has 2 aromatic rings. The molecule has 0 spiro atoms. The Labute approximate surface area is 66.6 Å². The van der Waals surface area contributed by atoms with Crippen LogP contribution < -0.4 is 5.73 Å². The molecule has 5 heteroatoms. The zero-order valence-electron chi connectivity index (χ0n) is 5.48. The van der Waals surface area contributed by atoms with Crippen molar-refractivity contribution in [1.82, 2.24) is 8.75 Å². The molecule has 0 aliphatic heterocycles. The number of phenolic OH excluding ortho intramolecular Hbond substituents is 1. The Morgan fingerprint density at radius 2 is 2.00 bits per heavy atom. The summed E-state index contributed by atoms with van der Waals surface area (Å²) in [5.41, 5.74) is 7.17.